The van der Waals surface area contributed by atoms with Crippen LogP contribution in [0.15, 0.2) is 235 Å². The largest absolute Gasteiger partial charge is 0.508 e. The number of aliphatic hydroxyl groups is 2. The van der Waals surface area contributed by atoms with Crippen molar-refractivity contribution in [3.63, 3.8) is 0 Å². The van der Waals surface area contributed by atoms with Crippen molar-refractivity contribution < 1.29 is 113 Å². The average molecular weight is 1920 g/mol. The molecule has 0 atom stereocenters. The summed E-state index contributed by atoms with van der Waals surface area (Å²) in [6, 6.07) is 67.6. The number of aromatic hydroxyl groups is 1. The fourth-order valence-electron chi connectivity index (χ4n) is 12.4. The van der Waals surface area contributed by atoms with Crippen LogP contribution in [0, 0.1) is 6.92 Å². The Bertz CT molecular complexity index is 5530. The van der Waals surface area contributed by atoms with Gasteiger partial charge in [0.1, 0.15) is 39.4 Å². The van der Waals surface area contributed by atoms with Crippen LogP contribution in [-0.2, 0) is 127 Å². The van der Waals surface area contributed by atoms with E-state index in [4.69, 9.17) is 43.7 Å². The Morgan fingerprint density at radius 2 is 0.717 bits per heavy atom. The van der Waals surface area contributed by atoms with E-state index in [0.29, 0.717) is 68.4 Å². The molecule has 2 amide bonds. The molecule has 0 aliphatic carbocycles. The molecule has 2 heterocycles. The molecule has 0 aromatic heterocycles. The van der Waals surface area contributed by atoms with Gasteiger partial charge in [0.2, 0.25) is 11.8 Å². The van der Waals surface area contributed by atoms with Gasteiger partial charge in [-0.25, -0.2) is 0 Å². The highest BCUT2D eigenvalue weighted by Crippen LogP contribution is 2.28. The number of carbonyl (C=O) groups excluding carboxylic acids is 2. The van der Waals surface area contributed by atoms with Crippen molar-refractivity contribution in [1.82, 2.24) is 10.2 Å². The summed E-state index contributed by atoms with van der Waals surface area (Å²) in [4.78, 5) is 31.3. The second kappa shape index (κ2) is 54.0. The van der Waals surface area contributed by atoms with Crippen molar-refractivity contribution in [3.05, 3.63) is 269 Å². The number of amides is 2. The maximum atomic E-state index is 12.7. The molecule has 696 valence electrons. The molecule has 9 aromatic carbocycles. The average Bonchev–Trinajstić information content (AvgIpc) is 0.826. The van der Waals surface area contributed by atoms with E-state index in [9.17, 15) is 68.5 Å². The number of halogens is 1. The molecule has 38 heteroatoms. The molecule has 0 radical (unpaired) electrons. The fourth-order valence-corrected chi connectivity index (χ4v) is 16.2. The molecule has 4 N–H and O–H groups in total. The number of aliphatic hydroxyl groups excluding tert-OH is 2. The molecule has 2 aliphatic rings. The van der Waals surface area contributed by atoms with E-state index in [1.165, 1.54) is 24.3 Å². The number of nitrogens with zero attached hydrogens (tertiary/aromatic N) is 3. The number of aryl methyl sites for hydroxylation is 2. The quantitative estimate of drug-likeness (QED) is 0.0215. The normalized spacial score (nSPS) is 13.2. The van der Waals surface area contributed by atoms with Crippen LogP contribution in [-0.4, -0.2) is 206 Å². The number of phenolic OH excluding ortho intramolecular Hbond substituents is 1. The first-order valence-electron chi connectivity index (χ1n) is 40.3. The minimum Gasteiger partial charge on any atom is -0.508 e. The van der Waals surface area contributed by atoms with E-state index < -0.39 is 70.8 Å². The lowest BCUT2D eigenvalue weighted by Crippen LogP contribution is -2.47. The molecule has 2 fully saturated rings. The second-order valence-corrected chi connectivity index (χ2v) is 40.6. The monoisotopic (exact) mass is 1910 g/mol. The van der Waals surface area contributed by atoms with Gasteiger partial charge >= 0.3 is 50.6 Å². The third-order valence-electron chi connectivity index (χ3n) is 18.0. The van der Waals surface area contributed by atoms with Gasteiger partial charge in [0, 0.05) is 75.0 Å². The van der Waals surface area contributed by atoms with Gasteiger partial charge in [-0.2, -0.15) is 58.9 Å². The highest BCUT2D eigenvalue weighted by atomic mass is 35.5. The summed E-state index contributed by atoms with van der Waals surface area (Å²) >= 11 is 5.56. The Kier molecular flexibility index (Phi) is 45.9. The molecule has 2 saturated heterocycles. The van der Waals surface area contributed by atoms with Crippen LogP contribution >= 0.6 is 11.6 Å². The summed E-state index contributed by atoms with van der Waals surface area (Å²) in [5.41, 5.74) is 8.23. The molecular weight excluding hydrogens is 1800 g/mol. The Hall–Kier alpha value is -9.58. The summed E-state index contributed by atoms with van der Waals surface area (Å²) in [6.45, 7) is 10.6. The molecule has 30 nitrogen and oxygen atoms in total. The standard InChI is InChI=1S/C29H34N2O4S.C14H20N2O.2C10H14O6S2.C9H11ClO3S.C9H12O4S.C8H10O2/c1-3-29(32)31(25-9-5-4-6-10-25)26-17-20-30(21-18-26)19-16-24-8-7-11-27(22-24)35-36(33,34)28-14-12-23(2)13-15-28;1-2-14(17)16(12-6-4-3-5-7-12)13-8-10-15-11-9-13;2*1-17(11,12)15-7-6-9-4-3-5-10(8-9)16-18(2,13)14;2*1-14(11,12)13-9-4-2-3-8(7-9)5-6-10;9-5-4-7-2-1-3-8(10)6-7/h4-15,22,26H,3,16-21H2,1-2H3;3-7,13,15H,2,8-11H2,1H3;2*3-5,8H,6-7H2,1-2H3;2-4,7H,5-6H2,1H3;2-4,7,10H,5-6H2,1H3;1-3,6,9-10H,4-5H2. The number of hydrogen-bond acceptors (Lipinski definition) is 28. The molecule has 127 heavy (non-hydrogen) atoms. The number of anilines is 2. The highest BCUT2D eigenvalue weighted by molar-refractivity contribution is 7.88. The van der Waals surface area contributed by atoms with Gasteiger partial charge in [-0.1, -0.05) is 141 Å². The minimum absolute atomic E-state index is 0.00115. The maximum Gasteiger partial charge on any atom is 0.339 e. The molecule has 2 aliphatic heterocycles. The summed E-state index contributed by atoms with van der Waals surface area (Å²) < 4.78 is 189. The van der Waals surface area contributed by atoms with Crippen LogP contribution in [0.5, 0.6) is 34.5 Å². The van der Waals surface area contributed by atoms with Crippen LogP contribution in [0.1, 0.15) is 91.3 Å². The predicted molar refractivity (Wildman–Crippen MR) is 494 cm³/mol. The van der Waals surface area contributed by atoms with Crippen LogP contribution < -0.4 is 36.0 Å². The lowest BCUT2D eigenvalue weighted by Gasteiger charge is -2.38. The number of nitrogens with one attached hydrogen (secondary N) is 1. The van der Waals surface area contributed by atoms with Crippen LogP contribution in [0.2, 0.25) is 0 Å². The number of rotatable bonds is 34. The maximum absolute atomic E-state index is 12.7. The number of carbonyl (C=O) groups is 2. The van der Waals surface area contributed by atoms with Crippen LogP contribution in [0.4, 0.5) is 11.4 Å². The lowest BCUT2D eigenvalue weighted by atomic mass is 10.0. The van der Waals surface area contributed by atoms with Crippen molar-refractivity contribution in [1.29, 1.82) is 0 Å². The molecular formula is C89H115ClN4O26S7. The van der Waals surface area contributed by atoms with Gasteiger partial charge in [-0.3, -0.25) is 18.0 Å². The Morgan fingerprint density at radius 3 is 1.05 bits per heavy atom. The minimum atomic E-state index is -3.87. The summed E-state index contributed by atoms with van der Waals surface area (Å²) in [7, 11) is -24.8. The highest BCUT2D eigenvalue weighted by Gasteiger charge is 2.29. The Morgan fingerprint density at radius 1 is 0.394 bits per heavy atom. The first-order chi connectivity index (χ1) is 59.8. The van der Waals surface area contributed by atoms with E-state index in [0.717, 1.165) is 153 Å². The molecule has 0 bridgehead atoms. The zero-order valence-corrected chi connectivity index (χ0v) is 78.9. The van der Waals surface area contributed by atoms with Crippen molar-refractivity contribution in [2.24, 2.45) is 0 Å². The zero-order chi connectivity index (χ0) is 93.9. The molecule has 11 rings (SSSR count). The Labute approximate surface area is 754 Å². The number of para-hydroxylation sites is 2. The van der Waals surface area contributed by atoms with Gasteiger partial charge in [0.15, 0.2) is 0 Å². The van der Waals surface area contributed by atoms with E-state index in [1.54, 1.807) is 121 Å². The van der Waals surface area contributed by atoms with E-state index in [-0.39, 0.29) is 72.2 Å². The molecule has 0 saturated carbocycles. The predicted octanol–water partition coefficient (Wildman–Crippen LogP) is 11.8. The summed E-state index contributed by atoms with van der Waals surface area (Å²) in [5.74, 6) is 2.45. The molecule has 0 unspecified atom stereocenters. The van der Waals surface area contributed by atoms with Crippen LogP contribution in [0.3, 0.4) is 0 Å². The van der Waals surface area contributed by atoms with Crippen molar-refractivity contribution in [2.45, 2.75) is 115 Å². The van der Waals surface area contributed by atoms with Crippen LogP contribution in [0.25, 0.3) is 0 Å². The number of piperidine rings is 2. The van der Waals surface area contributed by atoms with Crippen molar-refractivity contribution in [3.8, 4) is 34.5 Å². The lowest BCUT2D eigenvalue weighted by molar-refractivity contribution is -0.119. The number of likely N-dealkylation sites (tertiary alicyclic amines) is 1. The summed E-state index contributed by atoms with van der Waals surface area (Å²) in [6.07, 6.45) is 14.1. The van der Waals surface area contributed by atoms with Gasteiger partial charge < -0.3 is 56.3 Å². The van der Waals surface area contributed by atoms with Gasteiger partial charge in [0.25, 0.3) is 20.2 Å². The number of alkyl halides is 1. The first-order valence-corrected chi connectivity index (χ1v) is 53.1. The molecule has 0 spiro atoms. The van der Waals surface area contributed by atoms with Crippen molar-refractivity contribution >= 4 is 106 Å². The third-order valence-corrected chi connectivity index (χ3v) is 22.6. The van der Waals surface area contributed by atoms with Gasteiger partial charge in [-0.15, -0.1) is 11.6 Å². The van der Waals surface area contributed by atoms with E-state index in [2.05, 4.69) is 22.8 Å². The van der Waals surface area contributed by atoms with Gasteiger partial charge in [-0.05, 0) is 227 Å². The smallest absolute Gasteiger partial charge is 0.339 e. The number of hydrogen-bond donors (Lipinski definition) is 4. The first kappa shape index (κ1) is 108. The topological polar surface area (TPSA) is 420 Å². The fraction of sp³-hybridized carbons (Fsp3) is 0.371. The van der Waals surface area contributed by atoms with Gasteiger partial charge in [0.05, 0.1) is 50.7 Å². The molecule has 9 aromatic rings. The van der Waals surface area contributed by atoms with E-state index >= 15 is 0 Å². The summed E-state index contributed by atoms with van der Waals surface area (Å²) in [5, 5.41) is 29.5. The number of phenols is 1. The third kappa shape index (κ3) is 46.3. The van der Waals surface area contributed by atoms with E-state index in [1.807, 2.05) is 116 Å². The number of benzene rings is 9. The zero-order valence-electron chi connectivity index (χ0n) is 72.5. The second-order valence-electron chi connectivity index (χ2n) is 29.1. The Balaban J connectivity index is 0.000000274. The SMILES string of the molecule is CCC(=O)N(c1ccccc1)C1CCN(CCc2cccc(OS(=O)(=O)c3ccc(C)cc3)c2)CC1.CCC(=O)N(c1ccccc1)C1CCNCC1.CS(=O)(=O)OCCc1cccc(OS(C)(=O)=O)c1.CS(=O)(=O)OCCc1cccc(OS(C)(=O)=O)c1.CS(=O)(=O)Oc1cccc(CCCl)c1.CS(=O)(=O)Oc1cccc(CCO)c1.OCCc1cccc(O)c1. The van der Waals surface area contributed by atoms with Crippen molar-refractivity contribution in [2.75, 3.05) is 112 Å².